The molecule has 1 amide bonds. The van der Waals surface area contributed by atoms with Crippen LogP contribution in [0, 0.1) is 3.57 Å². The highest BCUT2D eigenvalue weighted by atomic mass is 127. The van der Waals surface area contributed by atoms with Gasteiger partial charge in [-0.2, -0.15) is 0 Å². The lowest BCUT2D eigenvalue weighted by molar-refractivity contribution is -0.120. The number of anilines is 1. The summed E-state index contributed by atoms with van der Waals surface area (Å²) in [7, 11) is 0. The molecular formula is C24H22ClIN2O4. The molecule has 0 heterocycles. The zero-order valence-electron chi connectivity index (χ0n) is 17.4. The van der Waals surface area contributed by atoms with Crippen LogP contribution in [0.3, 0.4) is 0 Å². The van der Waals surface area contributed by atoms with E-state index in [1.54, 1.807) is 12.1 Å². The summed E-state index contributed by atoms with van der Waals surface area (Å²) in [5.41, 5.74) is 2.35. The van der Waals surface area contributed by atoms with Gasteiger partial charge in [0.1, 0.15) is 6.61 Å². The highest BCUT2D eigenvalue weighted by Crippen LogP contribution is 2.35. The monoisotopic (exact) mass is 564 g/mol. The average Bonchev–Trinajstić information content (AvgIpc) is 2.78. The van der Waals surface area contributed by atoms with E-state index in [1.807, 2.05) is 61.5 Å². The standard InChI is InChI=1S/C24H22ClIN2O4/c1-2-30-22-13-17(14-27-32-16-23(29)28-19-9-4-3-5-10-19)12-21(26)24(22)31-15-18-8-6-7-11-20(18)25/h3-14H,2,15-16H2,1H3,(H,28,29)/b27-14+. The Morgan fingerprint density at radius 3 is 2.59 bits per heavy atom. The molecule has 0 aliphatic carbocycles. The summed E-state index contributed by atoms with van der Waals surface area (Å²) in [5, 5.41) is 7.28. The Bertz CT molecular complexity index is 1080. The van der Waals surface area contributed by atoms with E-state index in [2.05, 4.69) is 33.1 Å². The molecule has 6 nitrogen and oxygen atoms in total. The fourth-order valence-corrected chi connectivity index (χ4v) is 3.71. The molecule has 0 aromatic heterocycles. The fraction of sp³-hybridized carbons (Fsp3) is 0.167. The van der Waals surface area contributed by atoms with Crippen LogP contribution in [0.1, 0.15) is 18.1 Å². The number of benzene rings is 3. The van der Waals surface area contributed by atoms with Gasteiger partial charge in [0.25, 0.3) is 5.91 Å². The van der Waals surface area contributed by atoms with E-state index in [0.29, 0.717) is 35.4 Å². The maximum absolute atomic E-state index is 11.9. The van der Waals surface area contributed by atoms with Crippen LogP contribution in [0.4, 0.5) is 5.69 Å². The first-order valence-electron chi connectivity index (χ1n) is 9.89. The second-order valence-corrected chi connectivity index (χ2v) is 8.13. The van der Waals surface area contributed by atoms with E-state index in [0.717, 1.165) is 14.7 Å². The normalized spacial score (nSPS) is 10.7. The maximum atomic E-state index is 11.9. The second kappa shape index (κ2) is 12.3. The van der Waals surface area contributed by atoms with Gasteiger partial charge in [-0.3, -0.25) is 4.79 Å². The molecule has 8 heteroatoms. The highest BCUT2D eigenvalue weighted by Gasteiger charge is 2.13. The number of para-hydroxylation sites is 1. The molecular weight excluding hydrogens is 543 g/mol. The third-order valence-electron chi connectivity index (χ3n) is 4.19. The summed E-state index contributed by atoms with van der Waals surface area (Å²) in [4.78, 5) is 17.0. The Morgan fingerprint density at radius 1 is 1.09 bits per heavy atom. The van der Waals surface area contributed by atoms with Crippen LogP contribution in [0.25, 0.3) is 0 Å². The predicted octanol–water partition coefficient (Wildman–Crippen LogP) is 5.91. The molecule has 32 heavy (non-hydrogen) atoms. The van der Waals surface area contributed by atoms with E-state index >= 15 is 0 Å². The van der Waals surface area contributed by atoms with Crippen molar-refractivity contribution in [2.45, 2.75) is 13.5 Å². The molecule has 166 valence electrons. The summed E-state index contributed by atoms with van der Waals surface area (Å²) < 4.78 is 12.6. The van der Waals surface area contributed by atoms with E-state index in [-0.39, 0.29) is 12.5 Å². The minimum Gasteiger partial charge on any atom is -0.490 e. The largest absolute Gasteiger partial charge is 0.490 e. The lowest BCUT2D eigenvalue weighted by atomic mass is 10.2. The molecule has 0 saturated carbocycles. The van der Waals surface area contributed by atoms with E-state index < -0.39 is 0 Å². The summed E-state index contributed by atoms with van der Waals surface area (Å²) in [6.07, 6.45) is 1.53. The van der Waals surface area contributed by atoms with Gasteiger partial charge in [-0.05, 0) is 59.8 Å². The van der Waals surface area contributed by atoms with Crippen molar-refractivity contribution in [2.75, 3.05) is 18.5 Å². The van der Waals surface area contributed by atoms with Crippen molar-refractivity contribution in [3.8, 4) is 11.5 Å². The smallest absolute Gasteiger partial charge is 0.265 e. The lowest BCUT2D eigenvalue weighted by Gasteiger charge is -2.15. The Balaban J connectivity index is 1.61. The number of hydrogen-bond acceptors (Lipinski definition) is 5. The minimum atomic E-state index is -0.291. The number of ether oxygens (including phenoxy) is 2. The van der Waals surface area contributed by atoms with Crippen LogP contribution in [0.2, 0.25) is 5.02 Å². The number of carbonyl (C=O) groups is 1. The van der Waals surface area contributed by atoms with Crippen molar-refractivity contribution >= 4 is 52.0 Å². The van der Waals surface area contributed by atoms with Gasteiger partial charge in [0.2, 0.25) is 0 Å². The SMILES string of the molecule is CCOc1cc(/C=N/OCC(=O)Nc2ccccc2)cc(I)c1OCc1ccccc1Cl. The number of rotatable bonds is 10. The Kier molecular flexibility index (Phi) is 9.18. The number of nitrogens with one attached hydrogen (secondary N) is 1. The molecule has 0 aliphatic heterocycles. The molecule has 0 fully saturated rings. The predicted molar refractivity (Wildman–Crippen MR) is 135 cm³/mol. The minimum absolute atomic E-state index is 0.195. The van der Waals surface area contributed by atoms with Gasteiger partial charge in [-0.1, -0.05) is 53.2 Å². The number of nitrogens with zero attached hydrogens (tertiary/aromatic N) is 1. The second-order valence-electron chi connectivity index (χ2n) is 6.57. The molecule has 0 spiro atoms. The van der Waals surface area contributed by atoms with Crippen molar-refractivity contribution in [1.29, 1.82) is 0 Å². The first-order valence-corrected chi connectivity index (χ1v) is 11.3. The van der Waals surface area contributed by atoms with Gasteiger partial charge < -0.3 is 19.6 Å². The molecule has 3 aromatic carbocycles. The van der Waals surface area contributed by atoms with Crippen LogP contribution in [0.5, 0.6) is 11.5 Å². The van der Waals surface area contributed by atoms with Crippen LogP contribution in [-0.4, -0.2) is 25.3 Å². The van der Waals surface area contributed by atoms with Gasteiger partial charge in [0, 0.05) is 21.8 Å². The number of hydrogen-bond donors (Lipinski definition) is 1. The summed E-state index contributed by atoms with van der Waals surface area (Å²) in [6, 6.07) is 20.4. The third-order valence-corrected chi connectivity index (χ3v) is 5.36. The number of carbonyl (C=O) groups excluding carboxylic acids is 1. The van der Waals surface area contributed by atoms with E-state index in [4.69, 9.17) is 25.9 Å². The van der Waals surface area contributed by atoms with Crippen molar-refractivity contribution in [2.24, 2.45) is 5.16 Å². The fourth-order valence-electron chi connectivity index (χ4n) is 2.74. The topological polar surface area (TPSA) is 69.2 Å². The zero-order chi connectivity index (χ0) is 22.8. The third kappa shape index (κ3) is 7.13. The molecule has 0 aliphatic rings. The first-order chi connectivity index (χ1) is 15.6. The average molecular weight is 565 g/mol. The number of amides is 1. The summed E-state index contributed by atoms with van der Waals surface area (Å²) >= 11 is 8.40. The van der Waals surface area contributed by atoms with Gasteiger partial charge in [-0.25, -0.2) is 0 Å². The number of oxime groups is 1. The van der Waals surface area contributed by atoms with Gasteiger partial charge in [-0.15, -0.1) is 0 Å². The van der Waals surface area contributed by atoms with Crippen molar-refractivity contribution < 1.29 is 19.1 Å². The Labute approximate surface area is 205 Å². The first kappa shape index (κ1) is 23.9. The zero-order valence-corrected chi connectivity index (χ0v) is 20.3. The van der Waals surface area contributed by atoms with Crippen LogP contribution in [0.15, 0.2) is 71.9 Å². The van der Waals surface area contributed by atoms with Crippen molar-refractivity contribution in [3.05, 3.63) is 86.4 Å². The van der Waals surface area contributed by atoms with E-state index in [9.17, 15) is 4.79 Å². The molecule has 0 bridgehead atoms. The van der Waals surface area contributed by atoms with Crippen molar-refractivity contribution in [3.63, 3.8) is 0 Å². The van der Waals surface area contributed by atoms with Gasteiger partial charge in [0.05, 0.1) is 16.4 Å². The molecule has 0 saturated heterocycles. The van der Waals surface area contributed by atoms with Crippen molar-refractivity contribution in [1.82, 2.24) is 0 Å². The molecule has 0 unspecified atom stereocenters. The molecule has 0 atom stereocenters. The quantitative estimate of drug-likeness (QED) is 0.189. The highest BCUT2D eigenvalue weighted by molar-refractivity contribution is 14.1. The lowest BCUT2D eigenvalue weighted by Crippen LogP contribution is -2.16. The number of halogens is 2. The van der Waals surface area contributed by atoms with Crippen LogP contribution in [-0.2, 0) is 16.2 Å². The van der Waals surface area contributed by atoms with Crippen LogP contribution >= 0.6 is 34.2 Å². The summed E-state index contributed by atoms with van der Waals surface area (Å²) in [6.45, 7) is 2.51. The Morgan fingerprint density at radius 2 is 1.84 bits per heavy atom. The summed E-state index contributed by atoms with van der Waals surface area (Å²) in [5.74, 6) is 0.934. The molecule has 0 radical (unpaired) electrons. The Hall–Kier alpha value is -2.78. The van der Waals surface area contributed by atoms with Gasteiger partial charge in [0.15, 0.2) is 18.1 Å². The molecule has 3 aromatic rings. The van der Waals surface area contributed by atoms with Crippen LogP contribution < -0.4 is 14.8 Å². The molecule has 1 N–H and O–H groups in total. The molecule has 3 rings (SSSR count). The van der Waals surface area contributed by atoms with Gasteiger partial charge >= 0.3 is 0 Å². The van der Waals surface area contributed by atoms with E-state index in [1.165, 1.54) is 6.21 Å². The maximum Gasteiger partial charge on any atom is 0.265 e.